The van der Waals surface area contributed by atoms with Crippen molar-refractivity contribution in [1.29, 1.82) is 0 Å². The predicted octanol–water partition coefficient (Wildman–Crippen LogP) is 5.67. The normalized spacial score (nSPS) is 13.8. The van der Waals surface area contributed by atoms with Gasteiger partial charge in [0.15, 0.2) is 0 Å². The molecule has 0 bridgehead atoms. The maximum Gasteiger partial charge on any atom is 0.339 e. The van der Waals surface area contributed by atoms with Gasteiger partial charge >= 0.3 is 5.97 Å². The first-order valence-corrected chi connectivity index (χ1v) is 8.58. The number of non-ortho nitro benzene ring substituents is 1. The van der Waals surface area contributed by atoms with E-state index >= 15 is 0 Å². The molecule has 0 saturated carbocycles. The largest absolute Gasteiger partial charge is 0.450 e. The standard InChI is InChI=1S/C20H22ClNO4/c1-13-6-9-15(21)12-17(13)20(5,19(2,3)4)26-18(23)14-7-10-16(11-8-14)22(24)25/h6-12H,1-5H3. The molecule has 0 spiro atoms. The zero-order chi connectivity index (χ0) is 19.7. The summed E-state index contributed by atoms with van der Waals surface area (Å²) in [7, 11) is 0. The molecule has 0 aromatic heterocycles. The number of nitro groups is 1. The van der Waals surface area contributed by atoms with Crippen molar-refractivity contribution in [3.8, 4) is 0 Å². The van der Waals surface area contributed by atoms with Gasteiger partial charge in [0.2, 0.25) is 0 Å². The van der Waals surface area contributed by atoms with Crippen LogP contribution in [0.25, 0.3) is 0 Å². The average molecular weight is 376 g/mol. The van der Waals surface area contributed by atoms with Crippen LogP contribution in [0.4, 0.5) is 5.69 Å². The highest BCUT2D eigenvalue weighted by Crippen LogP contribution is 2.44. The second kappa shape index (κ2) is 7.08. The van der Waals surface area contributed by atoms with Gasteiger partial charge in [-0.2, -0.15) is 0 Å². The zero-order valence-corrected chi connectivity index (χ0v) is 16.3. The third kappa shape index (κ3) is 3.88. The van der Waals surface area contributed by atoms with Crippen molar-refractivity contribution in [1.82, 2.24) is 0 Å². The lowest BCUT2D eigenvalue weighted by atomic mass is 9.72. The zero-order valence-electron chi connectivity index (χ0n) is 15.5. The van der Waals surface area contributed by atoms with Crippen LogP contribution in [0.3, 0.4) is 0 Å². The van der Waals surface area contributed by atoms with E-state index in [0.717, 1.165) is 11.1 Å². The number of ether oxygens (including phenoxy) is 1. The van der Waals surface area contributed by atoms with Crippen molar-refractivity contribution >= 4 is 23.3 Å². The maximum atomic E-state index is 12.7. The Hall–Kier alpha value is -2.40. The van der Waals surface area contributed by atoms with Gasteiger partial charge in [0.25, 0.3) is 5.69 Å². The third-order valence-electron chi connectivity index (χ3n) is 4.76. The molecule has 1 unspecified atom stereocenters. The molecule has 138 valence electrons. The van der Waals surface area contributed by atoms with Crippen molar-refractivity contribution < 1.29 is 14.5 Å². The van der Waals surface area contributed by atoms with E-state index in [1.807, 2.05) is 46.8 Å². The van der Waals surface area contributed by atoms with E-state index in [1.165, 1.54) is 24.3 Å². The summed E-state index contributed by atoms with van der Waals surface area (Å²) < 4.78 is 5.94. The number of benzene rings is 2. The Balaban J connectivity index is 2.44. The first-order valence-electron chi connectivity index (χ1n) is 8.20. The van der Waals surface area contributed by atoms with Gasteiger partial charge in [-0.25, -0.2) is 4.79 Å². The van der Waals surface area contributed by atoms with Gasteiger partial charge in [0, 0.05) is 28.1 Å². The number of aryl methyl sites for hydroxylation is 1. The number of hydrogen-bond donors (Lipinski definition) is 0. The summed E-state index contributed by atoms with van der Waals surface area (Å²) in [6.45, 7) is 9.74. The molecule has 0 heterocycles. The molecule has 0 amide bonds. The highest BCUT2D eigenvalue weighted by molar-refractivity contribution is 6.30. The molecule has 2 rings (SSSR count). The van der Waals surface area contributed by atoms with E-state index in [0.29, 0.717) is 5.02 Å². The third-order valence-corrected chi connectivity index (χ3v) is 4.99. The van der Waals surface area contributed by atoms with Crippen molar-refractivity contribution in [3.05, 3.63) is 74.3 Å². The quantitative estimate of drug-likeness (QED) is 0.392. The lowest BCUT2D eigenvalue weighted by Crippen LogP contribution is -2.42. The molecule has 0 fully saturated rings. The van der Waals surface area contributed by atoms with Crippen LogP contribution in [0.2, 0.25) is 5.02 Å². The monoisotopic (exact) mass is 375 g/mol. The van der Waals surface area contributed by atoms with Gasteiger partial charge in [-0.3, -0.25) is 10.1 Å². The Morgan fingerprint density at radius 1 is 1.08 bits per heavy atom. The van der Waals surface area contributed by atoms with Gasteiger partial charge in [-0.1, -0.05) is 38.4 Å². The molecule has 2 aromatic carbocycles. The molecule has 0 aliphatic carbocycles. The molecular formula is C20H22ClNO4. The van der Waals surface area contributed by atoms with Crippen LogP contribution in [0, 0.1) is 22.5 Å². The van der Waals surface area contributed by atoms with E-state index in [-0.39, 0.29) is 11.3 Å². The highest BCUT2D eigenvalue weighted by atomic mass is 35.5. The molecular weight excluding hydrogens is 354 g/mol. The van der Waals surface area contributed by atoms with Gasteiger partial charge < -0.3 is 4.74 Å². The molecule has 1 atom stereocenters. The Bertz CT molecular complexity index is 840. The summed E-state index contributed by atoms with van der Waals surface area (Å²) >= 11 is 6.17. The van der Waals surface area contributed by atoms with Gasteiger partial charge in [0.1, 0.15) is 5.60 Å². The molecule has 0 N–H and O–H groups in total. The number of nitrogens with zero attached hydrogens (tertiary/aromatic N) is 1. The van der Waals surface area contributed by atoms with Crippen LogP contribution in [-0.2, 0) is 10.3 Å². The number of hydrogen-bond acceptors (Lipinski definition) is 4. The van der Waals surface area contributed by atoms with E-state index in [2.05, 4.69) is 0 Å². The molecule has 5 nitrogen and oxygen atoms in total. The molecule has 0 saturated heterocycles. The van der Waals surface area contributed by atoms with Crippen molar-refractivity contribution in [2.24, 2.45) is 5.41 Å². The minimum Gasteiger partial charge on any atom is -0.450 e. The lowest BCUT2D eigenvalue weighted by molar-refractivity contribution is -0.384. The smallest absolute Gasteiger partial charge is 0.339 e. The average Bonchev–Trinajstić information content (AvgIpc) is 2.55. The van der Waals surface area contributed by atoms with Crippen LogP contribution >= 0.6 is 11.6 Å². The predicted molar refractivity (Wildman–Crippen MR) is 102 cm³/mol. The first kappa shape index (κ1) is 19.9. The molecule has 26 heavy (non-hydrogen) atoms. The minimum absolute atomic E-state index is 0.0779. The maximum absolute atomic E-state index is 12.7. The Labute approximate surface area is 158 Å². The highest BCUT2D eigenvalue weighted by Gasteiger charge is 2.44. The second-order valence-corrected chi connectivity index (χ2v) is 7.87. The van der Waals surface area contributed by atoms with Crippen LogP contribution in [-0.4, -0.2) is 10.9 Å². The molecule has 0 radical (unpaired) electrons. The number of carbonyl (C=O) groups excluding carboxylic acids is 1. The van der Waals surface area contributed by atoms with Gasteiger partial charge in [-0.05, 0) is 43.7 Å². The van der Waals surface area contributed by atoms with Crippen LogP contribution < -0.4 is 0 Å². The van der Waals surface area contributed by atoms with Crippen LogP contribution in [0.15, 0.2) is 42.5 Å². The summed E-state index contributed by atoms with van der Waals surface area (Å²) in [5.74, 6) is -0.545. The van der Waals surface area contributed by atoms with Crippen LogP contribution in [0.5, 0.6) is 0 Å². The minimum atomic E-state index is -0.944. The van der Waals surface area contributed by atoms with Crippen molar-refractivity contribution in [2.45, 2.75) is 40.2 Å². The summed E-state index contributed by atoms with van der Waals surface area (Å²) in [5, 5.41) is 11.3. The number of rotatable bonds is 4. The molecule has 2 aromatic rings. The molecule has 6 heteroatoms. The Morgan fingerprint density at radius 3 is 2.15 bits per heavy atom. The SMILES string of the molecule is Cc1ccc(Cl)cc1C(C)(OC(=O)c1ccc([N+](=O)[O-])cc1)C(C)(C)C. The summed E-state index contributed by atoms with van der Waals surface area (Å²) in [6.07, 6.45) is 0. The van der Waals surface area contributed by atoms with E-state index in [1.54, 1.807) is 6.07 Å². The van der Waals surface area contributed by atoms with Crippen molar-refractivity contribution in [2.75, 3.05) is 0 Å². The fourth-order valence-electron chi connectivity index (χ4n) is 2.68. The van der Waals surface area contributed by atoms with Crippen LogP contribution in [0.1, 0.15) is 49.2 Å². The molecule has 0 aliphatic heterocycles. The van der Waals surface area contributed by atoms with Crippen molar-refractivity contribution in [3.63, 3.8) is 0 Å². The Morgan fingerprint density at radius 2 is 1.65 bits per heavy atom. The topological polar surface area (TPSA) is 69.4 Å². The van der Waals surface area contributed by atoms with E-state index < -0.39 is 21.9 Å². The summed E-state index contributed by atoms with van der Waals surface area (Å²) in [5.41, 5.74) is 0.604. The summed E-state index contributed by atoms with van der Waals surface area (Å²) in [4.78, 5) is 23.0. The number of esters is 1. The number of carbonyl (C=O) groups is 1. The number of nitro benzene ring substituents is 1. The van der Waals surface area contributed by atoms with E-state index in [4.69, 9.17) is 16.3 Å². The Kier molecular flexibility index (Phi) is 5.42. The number of halogens is 1. The van der Waals surface area contributed by atoms with E-state index in [9.17, 15) is 14.9 Å². The lowest BCUT2D eigenvalue weighted by Gasteiger charge is -2.42. The molecule has 0 aliphatic rings. The second-order valence-electron chi connectivity index (χ2n) is 7.44. The van der Waals surface area contributed by atoms with Gasteiger partial charge in [0.05, 0.1) is 10.5 Å². The first-order chi connectivity index (χ1) is 12.0. The summed E-state index contributed by atoms with van der Waals surface area (Å²) in [6, 6.07) is 10.9. The fraction of sp³-hybridized carbons (Fsp3) is 0.350. The van der Waals surface area contributed by atoms with Gasteiger partial charge in [-0.15, -0.1) is 0 Å². The fourth-order valence-corrected chi connectivity index (χ4v) is 2.86.